The second kappa shape index (κ2) is 14.5. The van der Waals surface area contributed by atoms with E-state index >= 15 is 0 Å². The van der Waals surface area contributed by atoms with Gasteiger partial charge in [-0.05, 0) is 113 Å². The third-order valence-corrected chi connectivity index (χ3v) is 14.7. The van der Waals surface area contributed by atoms with Crippen molar-refractivity contribution in [1.29, 1.82) is 0 Å². The highest BCUT2D eigenvalue weighted by molar-refractivity contribution is 7.92. The average Bonchev–Trinajstić information content (AvgIpc) is 3.40. The van der Waals surface area contributed by atoms with Gasteiger partial charge in [0, 0.05) is 45.0 Å². The summed E-state index contributed by atoms with van der Waals surface area (Å²) in [7, 11) is -1.97. The molecule has 2 aromatic carbocycles. The number of aliphatic hydroxyl groups is 1. The van der Waals surface area contributed by atoms with Crippen molar-refractivity contribution in [3.63, 3.8) is 0 Å². The minimum absolute atomic E-state index is 0.0102. The van der Waals surface area contributed by atoms with Gasteiger partial charge in [-0.25, -0.2) is 18.2 Å². The maximum atomic E-state index is 14.0. The maximum Gasteiger partial charge on any atom is 0.421 e. The number of β-amino-alcohol motifs (C(OH)–C–C–N with tert-alkyl or cyclic N) is 1. The van der Waals surface area contributed by atoms with E-state index in [1.807, 2.05) is 18.2 Å². The fourth-order valence-electron chi connectivity index (χ4n) is 9.38. The number of hydrogen-bond donors (Lipinski definition) is 3. The third-order valence-electron chi connectivity index (χ3n) is 12.6. The summed E-state index contributed by atoms with van der Waals surface area (Å²) in [5.41, 5.74) is 0.794. The number of carbonyl (C=O) groups excluding carboxylic acids is 2. The Bertz CT molecular complexity index is 2470. The highest BCUT2D eigenvalue weighted by Crippen LogP contribution is 2.53. The van der Waals surface area contributed by atoms with Gasteiger partial charge in [0.05, 0.1) is 26.8 Å². The van der Waals surface area contributed by atoms with Crippen LogP contribution in [0.15, 0.2) is 52.3 Å². The van der Waals surface area contributed by atoms with E-state index in [1.54, 1.807) is 37.6 Å². The third kappa shape index (κ3) is 7.38. The molecule has 3 N–H and O–H groups in total. The van der Waals surface area contributed by atoms with Crippen LogP contribution in [0.3, 0.4) is 0 Å². The van der Waals surface area contributed by atoms with Crippen LogP contribution >= 0.6 is 0 Å². The van der Waals surface area contributed by atoms with Gasteiger partial charge >= 0.3 is 11.9 Å². The molecule has 18 heteroatoms. The number of piperidine rings is 3. The van der Waals surface area contributed by atoms with Crippen LogP contribution < -0.4 is 21.2 Å². The molecule has 3 aliphatic heterocycles. The molecule has 2 amide bonds. The van der Waals surface area contributed by atoms with E-state index in [1.165, 1.54) is 15.5 Å². The highest BCUT2D eigenvalue weighted by atomic mass is 32.2. The molecule has 0 radical (unpaired) electrons. The predicted molar refractivity (Wildman–Crippen MR) is 209 cm³/mol. The first-order valence-electron chi connectivity index (χ1n) is 19.6. The van der Waals surface area contributed by atoms with Crippen LogP contribution in [0.25, 0.3) is 11.0 Å². The van der Waals surface area contributed by atoms with Gasteiger partial charge in [0.2, 0.25) is 17.8 Å². The summed E-state index contributed by atoms with van der Waals surface area (Å²) in [6, 6.07) is 9.57. The van der Waals surface area contributed by atoms with Crippen molar-refractivity contribution in [2.45, 2.75) is 99.7 Å². The van der Waals surface area contributed by atoms with Gasteiger partial charge in [-0.15, -0.1) is 0 Å². The van der Waals surface area contributed by atoms with Crippen molar-refractivity contribution in [3.05, 3.63) is 69.8 Å². The number of nitrogens with zero attached hydrogens (tertiary/aromatic N) is 6. The Morgan fingerprint density at radius 2 is 1.79 bits per heavy atom. The van der Waals surface area contributed by atoms with Gasteiger partial charge in [-0.3, -0.25) is 28.9 Å². The molecule has 1 saturated carbocycles. The molecular weight excluding hydrogens is 778 g/mol. The van der Waals surface area contributed by atoms with Crippen molar-refractivity contribution in [1.82, 2.24) is 29.3 Å². The molecule has 58 heavy (non-hydrogen) atoms. The van der Waals surface area contributed by atoms with Crippen LogP contribution in [0.4, 0.5) is 30.6 Å². The number of nitrogens with one attached hydrogen (secondary N) is 2. The topological polar surface area (TPSA) is 172 Å². The quantitative estimate of drug-likeness (QED) is 0.210. The van der Waals surface area contributed by atoms with E-state index in [-0.39, 0.29) is 53.1 Å². The minimum atomic E-state index is -4.70. The van der Waals surface area contributed by atoms with E-state index in [9.17, 15) is 41.1 Å². The Morgan fingerprint density at radius 3 is 2.47 bits per heavy atom. The molecule has 4 aromatic rings. The molecule has 1 spiro atoms. The van der Waals surface area contributed by atoms with Gasteiger partial charge in [-0.1, -0.05) is 12.1 Å². The van der Waals surface area contributed by atoms with Crippen molar-refractivity contribution >= 4 is 50.1 Å². The first kappa shape index (κ1) is 40.0. The summed E-state index contributed by atoms with van der Waals surface area (Å²) < 4.78 is 72.6. The van der Waals surface area contributed by atoms with Crippen molar-refractivity contribution in [2.75, 3.05) is 36.4 Å². The van der Waals surface area contributed by atoms with Crippen LogP contribution in [0.2, 0.25) is 0 Å². The van der Waals surface area contributed by atoms with Gasteiger partial charge in [0.15, 0.2) is 9.84 Å². The SMILES string of the molecule is Cc1cc(S(=O)(=O)C2CC3(CCN(Cc4cccc5c4n(C)c(=O)n5C4CCC(=O)NC4=O)CC3)C2)ccc1Nc1ncc(C(F)(F)F)c(N2CCC[C@](C)(O)C2)n1. The van der Waals surface area contributed by atoms with Crippen molar-refractivity contribution < 1.29 is 36.3 Å². The first-order valence-corrected chi connectivity index (χ1v) is 21.2. The van der Waals surface area contributed by atoms with Gasteiger partial charge < -0.3 is 15.3 Å². The molecule has 310 valence electrons. The Kier molecular flexibility index (Phi) is 9.98. The maximum absolute atomic E-state index is 14.0. The molecule has 1 aliphatic carbocycles. The zero-order chi connectivity index (χ0) is 41.4. The summed E-state index contributed by atoms with van der Waals surface area (Å²) in [5, 5.41) is 15.3. The minimum Gasteiger partial charge on any atom is -0.388 e. The van der Waals surface area contributed by atoms with E-state index < -0.39 is 44.4 Å². The van der Waals surface area contributed by atoms with Crippen LogP contribution in [-0.2, 0) is 39.2 Å². The predicted octanol–water partition coefficient (Wildman–Crippen LogP) is 4.75. The zero-order valence-corrected chi connectivity index (χ0v) is 33.4. The fourth-order valence-corrected chi connectivity index (χ4v) is 11.5. The number of sulfone groups is 1. The molecule has 8 rings (SSSR count). The van der Waals surface area contributed by atoms with E-state index in [4.69, 9.17) is 0 Å². The summed E-state index contributed by atoms with van der Waals surface area (Å²) >= 11 is 0. The molecule has 3 saturated heterocycles. The molecule has 2 atom stereocenters. The second-order valence-corrected chi connectivity index (χ2v) is 19.1. The number of para-hydroxylation sites is 1. The number of imide groups is 1. The summed E-state index contributed by atoms with van der Waals surface area (Å²) in [5.74, 6) is -1.22. The Hall–Kier alpha value is -4.81. The smallest absolute Gasteiger partial charge is 0.388 e. The number of fused-ring (bicyclic) bond motifs is 1. The fraction of sp³-hybridized carbons (Fsp3) is 0.525. The number of alkyl halides is 3. The van der Waals surface area contributed by atoms with Crippen LogP contribution in [-0.4, -0.2) is 86.4 Å². The zero-order valence-electron chi connectivity index (χ0n) is 32.6. The highest BCUT2D eigenvalue weighted by Gasteiger charge is 2.51. The normalized spacial score (nSPS) is 23.3. The van der Waals surface area contributed by atoms with Gasteiger partial charge in [0.25, 0.3) is 0 Å². The van der Waals surface area contributed by atoms with Crippen LogP contribution in [0.5, 0.6) is 0 Å². The molecule has 4 aliphatic rings. The van der Waals surface area contributed by atoms with E-state index in [0.717, 1.165) is 43.2 Å². The van der Waals surface area contributed by atoms with Gasteiger partial charge in [0.1, 0.15) is 17.4 Å². The number of amides is 2. The number of halogens is 3. The number of anilines is 3. The first-order chi connectivity index (χ1) is 27.3. The molecule has 14 nitrogen and oxygen atoms in total. The summed E-state index contributed by atoms with van der Waals surface area (Å²) in [4.78, 5) is 49.9. The molecule has 1 unspecified atom stereocenters. The lowest BCUT2D eigenvalue weighted by Crippen LogP contribution is -2.51. The monoisotopic (exact) mass is 824 g/mol. The van der Waals surface area contributed by atoms with Crippen molar-refractivity contribution in [2.24, 2.45) is 12.5 Å². The van der Waals surface area contributed by atoms with Gasteiger partial charge in [-0.2, -0.15) is 18.2 Å². The Balaban J connectivity index is 0.910. The van der Waals surface area contributed by atoms with Crippen molar-refractivity contribution in [3.8, 4) is 0 Å². The molecule has 4 fully saturated rings. The molecular formula is C40H47F3N8O6S. The Labute approximate surface area is 333 Å². The lowest BCUT2D eigenvalue weighted by Gasteiger charge is -2.51. The molecule has 2 aromatic heterocycles. The number of benzene rings is 2. The summed E-state index contributed by atoms with van der Waals surface area (Å²) in [6.45, 7) is 5.69. The standard InChI is InChI=1S/C40H47F3N8O6S/c1-24-18-26(8-9-29(24)45-36-44-21-28(40(41,42)43)34(47-36)50-15-5-12-38(2,55)23-50)58(56,57)27-19-39(20-27)13-16-49(17-14-39)22-25-6-4-7-30-33(25)48(3)37(54)51(30)31-10-11-32(52)46-35(31)53/h4,6-9,18,21,27,31,55H,5,10-17,19-20,22-23H2,1-3H3,(H,44,45,47)(H,46,52,53)/t31?,38-/m0/s1. The largest absolute Gasteiger partial charge is 0.421 e. The number of likely N-dealkylation sites (tertiary alicyclic amines) is 1. The number of imidazole rings is 1. The lowest BCUT2D eigenvalue weighted by atomic mass is 9.63. The molecule has 5 heterocycles. The summed E-state index contributed by atoms with van der Waals surface area (Å²) in [6.07, 6.45) is 0.174. The number of carbonyl (C=O) groups is 2. The number of aromatic nitrogens is 4. The molecule has 0 bridgehead atoms. The second-order valence-electron chi connectivity index (χ2n) is 16.9. The van der Waals surface area contributed by atoms with Crippen LogP contribution in [0.1, 0.15) is 81.0 Å². The number of rotatable bonds is 8. The lowest BCUT2D eigenvalue weighted by molar-refractivity contribution is -0.138. The Morgan fingerprint density at radius 1 is 1.05 bits per heavy atom. The van der Waals surface area contributed by atoms with E-state index in [2.05, 4.69) is 25.5 Å². The van der Waals surface area contributed by atoms with E-state index in [0.29, 0.717) is 55.5 Å². The number of hydrogen-bond acceptors (Lipinski definition) is 11. The average molecular weight is 825 g/mol. The number of aryl methyl sites for hydroxylation is 2. The van der Waals surface area contributed by atoms with Crippen LogP contribution in [0, 0.1) is 12.3 Å².